The van der Waals surface area contributed by atoms with Gasteiger partial charge >= 0.3 is 5.69 Å². The second-order valence-electron chi connectivity index (χ2n) is 5.15. The Morgan fingerprint density at radius 1 is 1.48 bits per heavy atom. The van der Waals surface area contributed by atoms with E-state index in [0.717, 1.165) is 0 Å². The molecule has 7 heteroatoms. The molecule has 0 fully saturated rings. The Morgan fingerprint density at radius 3 is 2.81 bits per heavy atom. The Kier molecular flexibility index (Phi) is 4.19. The van der Waals surface area contributed by atoms with Crippen LogP contribution in [0.1, 0.15) is 24.4 Å². The first-order chi connectivity index (χ1) is 9.94. The standard InChI is InChI=1S/C14H14N4O2S/c1-14(2,12-4-3-7-21-12)9-16-13-6-5-11(18(19)20)10(8-15)17-13/h3-7H,9H2,1-2H3,(H,16,17). The van der Waals surface area contributed by atoms with Crippen LogP contribution in [0.4, 0.5) is 11.5 Å². The maximum absolute atomic E-state index is 10.8. The second-order valence-corrected chi connectivity index (χ2v) is 6.10. The van der Waals surface area contributed by atoms with Crippen LogP contribution in [0.2, 0.25) is 0 Å². The maximum atomic E-state index is 10.8. The molecule has 0 radical (unpaired) electrons. The van der Waals surface area contributed by atoms with Gasteiger partial charge in [0.1, 0.15) is 11.9 Å². The molecule has 0 amide bonds. The van der Waals surface area contributed by atoms with Crippen LogP contribution >= 0.6 is 11.3 Å². The fourth-order valence-corrected chi connectivity index (χ4v) is 2.69. The highest BCUT2D eigenvalue weighted by molar-refractivity contribution is 7.10. The van der Waals surface area contributed by atoms with Crippen LogP contribution in [0.25, 0.3) is 0 Å². The minimum atomic E-state index is -0.606. The molecule has 2 aromatic heterocycles. The minimum Gasteiger partial charge on any atom is -0.369 e. The Morgan fingerprint density at radius 2 is 2.24 bits per heavy atom. The summed E-state index contributed by atoms with van der Waals surface area (Å²) in [5.41, 5.74) is -0.552. The third kappa shape index (κ3) is 3.35. The zero-order valence-corrected chi connectivity index (χ0v) is 12.5. The van der Waals surface area contributed by atoms with E-state index < -0.39 is 4.92 Å². The molecule has 21 heavy (non-hydrogen) atoms. The molecule has 0 aliphatic rings. The van der Waals surface area contributed by atoms with E-state index in [2.05, 4.69) is 30.2 Å². The predicted octanol–water partition coefficient (Wildman–Crippen LogP) is 3.31. The number of anilines is 1. The van der Waals surface area contributed by atoms with Crippen molar-refractivity contribution in [3.63, 3.8) is 0 Å². The third-order valence-electron chi connectivity index (χ3n) is 3.08. The average Bonchev–Trinajstić information content (AvgIpc) is 2.99. The van der Waals surface area contributed by atoms with Gasteiger partial charge in [0.05, 0.1) is 4.92 Å². The van der Waals surface area contributed by atoms with E-state index in [1.807, 2.05) is 11.4 Å². The largest absolute Gasteiger partial charge is 0.369 e. The number of nitrogens with one attached hydrogen (secondary N) is 1. The van der Waals surface area contributed by atoms with Crippen LogP contribution in [0.5, 0.6) is 0 Å². The van der Waals surface area contributed by atoms with Crippen molar-refractivity contribution < 1.29 is 4.92 Å². The summed E-state index contributed by atoms with van der Waals surface area (Å²) in [6.07, 6.45) is 0. The zero-order chi connectivity index (χ0) is 15.5. The molecule has 2 heterocycles. The summed E-state index contributed by atoms with van der Waals surface area (Å²) in [4.78, 5) is 15.4. The quantitative estimate of drug-likeness (QED) is 0.675. The molecule has 1 N–H and O–H groups in total. The van der Waals surface area contributed by atoms with Gasteiger partial charge in [0.25, 0.3) is 0 Å². The highest BCUT2D eigenvalue weighted by Crippen LogP contribution is 2.28. The van der Waals surface area contributed by atoms with Gasteiger partial charge in [-0.15, -0.1) is 11.3 Å². The summed E-state index contributed by atoms with van der Waals surface area (Å²) in [5, 5.41) is 24.8. The summed E-state index contributed by atoms with van der Waals surface area (Å²) < 4.78 is 0. The van der Waals surface area contributed by atoms with Crippen molar-refractivity contribution in [2.24, 2.45) is 0 Å². The van der Waals surface area contributed by atoms with Gasteiger partial charge in [-0.25, -0.2) is 4.98 Å². The van der Waals surface area contributed by atoms with Crippen molar-refractivity contribution in [2.75, 3.05) is 11.9 Å². The average molecular weight is 302 g/mol. The maximum Gasteiger partial charge on any atom is 0.305 e. The lowest BCUT2D eigenvalue weighted by molar-refractivity contribution is -0.385. The number of nitriles is 1. The summed E-state index contributed by atoms with van der Waals surface area (Å²) >= 11 is 1.68. The van der Waals surface area contributed by atoms with Crippen LogP contribution in [0, 0.1) is 21.4 Å². The van der Waals surface area contributed by atoms with Gasteiger partial charge in [0, 0.05) is 22.9 Å². The van der Waals surface area contributed by atoms with Gasteiger partial charge < -0.3 is 5.32 Å². The number of rotatable bonds is 5. The van der Waals surface area contributed by atoms with Crippen LogP contribution < -0.4 is 5.32 Å². The molecule has 0 atom stereocenters. The lowest BCUT2D eigenvalue weighted by Crippen LogP contribution is -2.26. The molecule has 0 unspecified atom stereocenters. The summed E-state index contributed by atoms with van der Waals surface area (Å²) in [7, 11) is 0. The number of thiophene rings is 1. The van der Waals surface area contributed by atoms with E-state index in [-0.39, 0.29) is 16.8 Å². The SMILES string of the molecule is CC(C)(CNc1ccc([N+](=O)[O-])c(C#N)n1)c1cccs1. The highest BCUT2D eigenvalue weighted by Gasteiger charge is 2.22. The number of nitro groups is 1. The van der Waals surface area contributed by atoms with Crippen LogP contribution in [0.3, 0.4) is 0 Å². The number of nitrogens with zero attached hydrogens (tertiary/aromatic N) is 3. The normalized spacial score (nSPS) is 10.9. The van der Waals surface area contributed by atoms with E-state index in [1.54, 1.807) is 17.4 Å². The van der Waals surface area contributed by atoms with Gasteiger partial charge in [-0.3, -0.25) is 10.1 Å². The monoisotopic (exact) mass is 302 g/mol. The molecule has 0 spiro atoms. The van der Waals surface area contributed by atoms with Crippen molar-refractivity contribution in [1.29, 1.82) is 5.26 Å². The molecule has 108 valence electrons. The smallest absolute Gasteiger partial charge is 0.305 e. The predicted molar refractivity (Wildman–Crippen MR) is 81.4 cm³/mol. The van der Waals surface area contributed by atoms with Crippen molar-refractivity contribution >= 4 is 22.8 Å². The summed E-state index contributed by atoms with van der Waals surface area (Å²) in [5.74, 6) is 0.460. The fourth-order valence-electron chi connectivity index (χ4n) is 1.84. The number of hydrogen-bond donors (Lipinski definition) is 1. The Bertz CT molecular complexity index is 689. The van der Waals surface area contributed by atoms with E-state index in [9.17, 15) is 10.1 Å². The van der Waals surface area contributed by atoms with Crippen LogP contribution in [0.15, 0.2) is 29.6 Å². The summed E-state index contributed by atoms with van der Waals surface area (Å²) in [6.45, 7) is 4.81. The molecular weight excluding hydrogens is 288 g/mol. The van der Waals surface area contributed by atoms with Gasteiger partial charge in [-0.2, -0.15) is 5.26 Å². The van der Waals surface area contributed by atoms with Crippen LogP contribution in [-0.4, -0.2) is 16.5 Å². The number of hydrogen-bond acceptors (Lipinski definition) is 6. The van der Waals surface area contributed by atoms with E-state index in [1.165, 1.54) is 17.0 Å². The van der Waals surface area contributed by atoms with Gasteiger partial charge in [0.2, 0.25) is 5.69 Å². The molecule has 2 rings (SSSR count). The number of aromatic nitrogens is 1. The topological polar surface area (TPSA) is 91.9 Å². The lowest BCUT2D eigenvalue weighted by Gasteiger charge is -2.23. The van der Waals surface area contributed by atoms with Gasteiger partial charge in [0.15, 0.2) is 0 Å². The van der Waals surface area contributed by atoms with E-state index >= 15 is 0 Å². The molecule has 0 aliphatic heterocycles. The first-order valence-corrected chi connectivity index (χ1v) is 7.15. The minimum absolute atomic E-state index is 0.0928. The van der Waals surface area contributed by atoms with Crippen molar-refractivity contribution in [2.45, 2.75) is 19.3 Å². The molecule has 0 aromatic carbocycles. The van der Waals surface area contributed by atoms with Crippen molar-refractivity contribution in [1.82, 2.24) is 4.98 Å². The molecule has 0 aliphatic carbocycles. The molecule has 0 saturated heterocycles. The first-order valence-electron chi connectivity index (χ1n) is 6.27. The van der Waals surface area contributed by atoms with Gasteiger partial charge in [-0.1, -0.05) is 19.9 Å². The van der Waals surface area contributed by atoms with Gasteiger partial charge in [-0.05, 0) is 17.5 Å². The second kappa shape index (κ2) is 5.89. The highest BCUT2D eigenvalue weighted by atomic mass is 32.1. The zero-order valence-electron chi connectivity index (χ0n) is 11.7. The molecule has 0 saturated carbocycles. The van der Waals surface area contributed by atoms with Crippen LogP contribution in [-0.2, 0) is 5.41 Å². The van der Waals surface area contributed by atoms with E-state index in [4.69, 9.17) is 5.26 Å². The summed E-state index contributed by atoms with van der Waals surface area (Å²) in [6, 6.07) is 8.63. The lowest BCUT2D eigenvalue weighted by atomic mass is 9.91. The molecular formula is C14H14N4O2S. The Balaban J connectivity index is 2.14. The first kappa shape index (κ1) is 14.9. The Labute approximate surface area is 126 Å². The fraction of sp³-hybridized carbons (Fsp3) is 0.286. The van der Waals surface area contributed by atoms with E-state index in [0.29, 0.717) is 12.4 Å². The molecule has 2 aromatic rings. The molecule has 6 nitrogen and oxygen atoms in total. The van der Waals surface area contributed by atoms with Crippen molar-refractivity contribution in [3.05, 3.63) is 50.3 Å². The third-order valence-corrected chi connectivity index (χ3v) is 4.31. The Hall–Kier alpha value is -2.46. The molecule has 0 bridgehead atoms. The number of pyridine rings is 1. The van der Waals surface area contributed by atoms with Crippen molar-refractivity contribution in [3.8, 4) is 6.07 Å².